The first-order valence-electron chi connectivity index (χ1n) is 10.0. The summed E-state index contributed by atoms with van der Waals surface area (Å²) in [6.07, 6.45) is 7.56. The van der Waals surface area contributed by atoms with E-state index in [9.17, 15) is 14.4 Å². The van der Waals surface area contributed by atoms with Crippen molar-refractivity contribution in [1.29, 1.82) is 0 Å². The highest BCUT2D eigenvalue weighted by molar-refractivity contribution is 6.22. The van der Waals surface area contributed by atoms with E-state index < -0.39 is 0 Å². The number of anilines is 2. The highest BCUT2D eigenvalue weighted by atomic mass is 16.2. The molecule has 0 radical (unpaired) electrons. The van der Waals surface area contributed by atoms with Crippen molar-refractivity contribution in [2.24, 2.45) is 5.92 Å². The first-order chi connectivity index (χ1) is 13.0. The summed E-state index contributed by atoms with van der Waals surface area (Å²) < 4.78 is 0. The third-order valence-electron chi connectivity index (χ3n) is 6.26. The Kier molecular flexibility index (Phi) is 5.00. The van der Waals surface area contributed by atoms with Crippen LogP contribution in [0, 0.1) is 5.92 Å². The minimum atomic E-state index is -0.321. The number of hydrogen-bond acceptors (Lipinski definition) is 4. The van der Waals surface area contributed by atoms with Gasteiger partial charge in [0.2, 0.25) is 11.8 Å². The first-order valence-corrected chi connectivity index (χ1v) is 10.0. The van der Waals surface area contributed by atoms with Crippen LogP contribution in [-0.2, 0) is 14.4 Å². The molecule has 0 spiro atoms. The molecule has 3 atom stereocenters. The lowest BCUT2D eigenvalue weighted by molar-refractivity contribution is -0.124. The van der Waals surface area contributed by atoms with E-state index in [1.807, 2.05) is 0 Å². The molecule has 2 heterocycles. The average molecular weight is 369 g/mol. The van der Waals surface area contributed by atoms with Gasteiger partial charge in [-0.1, -0.05) is 12.8 Å². The van der Waals surface area contributed by atoms with Gasteiger partial charge < -0.3 is 5.32 Å². The smallest absolute Gasteiger partial charge is 0.251 e. The summed E-state index contributed by atoms with van der Waals surface area (Å²) in [5.74, 6) is 0.304. The average Bonchev–Trinajstić information content (AvgIpc) is 2.96. The Morgan fingerprint density at radius 1 is 1.04 bits per heavy atom. The Labute approximate surface area is 159 Å². The maximum Gasteiger partial charge on any atom is 0.251 e. The standard InChI is InChI=1S/C21H27N3O3/c1-14(25)22-16-8-10-17(11-9-16)24-20(26)13-19(21(24)27)23-12-4-6-15-5-2-3-7-18(15)23/h8-11,15,18-19H,2-7,12-13H2,1H3,(H,22,25). The van der Waals surface area contributed by atoms with Gasteiger partial charge in [-0.05, 0) is 62.4 Å². The zero-order chi connectivity index (χ0) is 19.0. The van der Waals surface area contributed by atoms with E-state index in [-0.39, 0.29) is 30.2 Å². The van der Waals surface area contributed by atoms with Gasteiger partial charge in [-0.3, -0.25) is 19.3 Å². The van der Waals surface area contributed by atoms with Gasteiger partial charge >= 0.3 is 0 Å². The second kappa shape index (κ2) is 7.43. The van der Waals surface area contributed by atoms with Crippen LogP contribution in [0.1, 0.15) is 51.9 Å². The quantitative estimate of drug-likeness (QED) is 0.832. The number of fused-ring (bicyclic) bond motifs is 1. The number of carbonyl (C=O) groups is 3. The van der Waals surface area contributed by atoms with E-state index in [2.05, 4.69) is 10.2 Å². The van der Waals surface area contributed by atoms with Crippen LogP contribution in [0.5, 0.6) is 0 Å². The molecule has 0 aromatic heterocycles. The summed E-state index contributed by atoms with van der Waals surface area (Å²) in [5, 5.41) is 2.70. The molecule has 6 nitrogen and oxygen atoms in total. The van der Waals surface area contributed by atoms with Crippen LogP contribution >= 0.6 is 0 Å². The Morgan fingerprint density at radius 2 is 1.74 bits per heavy atom. The van der Waals surface area contributed by atoms with Crippen molar-refractivity contribution in [2.75, 3.05) is 16.8 Å². The topological polar surface area (TPSA) is 69.7 Å². The van der Waals surface area contributed by atoms with E-state index in [1.165, 1.54) is 37.5 Å². The predicted molar refractivity (Wildman–Crippen MR) is 103 cm³/mol. The van der Waals surface area contributed by atoms with Crippen LogP contribution in [0.4, 0.5) is 11.4 Å². The fourth-order valence-electron chi connectivity index (χ4n) is 5.09. The summed E-state index contributed by atoms with van der Waals surface area (Å²) in [6, 6.07) is 7.03. The number of rotatable bonds is 3. The number of hydrogen-bond donors (Lipinski definition) is 1. The molecule has 0 bridgehead atoms. The SMILES string of the molecule is CC(=O)Nc1ccc(N2C(=O)CC(N3CCCC4CCCCC43)C2=O)cc1. The molecule has 4 rings (SSSR count). The van der Waals surface area contributed by atoms with Crippen LogP contribution < -0.4 is 10.2 Å². The van der Waals surface area contributed by atoms with Gasteiger partial charge in [-0.15, -0.1) is 0 Å². The van der Waals surface area contributed by atoms with Crippen LogP contribution in [0.15, 0.2) is 24.3 Å². The van der Waals surface area contributed by atoms with Crippen molar-refractivity contribution < 1.29 is 14.4 Å². The van der Waals surface area contributed by atoms with Crippen molar-refractivity contribution in [3.05, 3.63) is 24.3 Å². The van der Waals surface area contributed by atoms with Gasteiger partial charge in [-0.2, -0.15) is 0 Å². The summed E-state index contributed by atoms with van der Waals surface area (Å²) in [5.41, 5.74) is 1.24. The second-order valence-electron chi connectivity index (χ2n) is 8.01. The van der Waals surface area contributed by atoms with Gasteiger partial charge in [0.05, 0.1) is 18.2 Å². The van der Waals surface area contributed by atoms with Crippen molar-refractivity contribution in [2.45, 2.75) is 64.0 Å². The third-order valence-corrected chi connectivity index (χ3v) is 6.26. The predicted octanol–water partition coefficient (Wildman–Crippen LogP) is 2.93. The van der Waals surface area contributed by atoms with Gasteiger partial charge in [0.15, 0.2) is 0 Å². The first kappa shape index (κ1) is 18.2. The van der Waals surface area contributed by atoms with Gasteiger partial charge in [-0.25, -0.2) is 4.90 Å². The molecule has 2 saturated heterocycles. The van der Waals surface area contributed by atoms with E-state index in [4.69, 9.17) is 0 Å². The monoisotopic (exact) mass is 369 g/mol. The highest BCUT2D eigenvalue weighted by Gasteiger charge is 2.47. The Balaban J connectivity index is 1.52. The third kappa shape index (κ3) is 3.50. The molecule has 1 saturated carbocycles. The van der Waals surface area contributed by atoms with E-state index in [1.54, 1.807) is 24.3 Å². The maximum atomic E-state index is 13.1. The Bertz CT molecular complexity index is 744. The van der Waals surface area contributed by atoms with Crippen molar-refractivity contribution >= 4 is 29.1 Å². The van der Waals surface area contributed by atoms with Crippen molar-refractivity contribution in [3.63, 3.8) is 0 Å². The molecular formula is C21H27N3O3. The van der Waals surface area contributed by atoms with E-state index in [0.29, 0.717) is 23.3 Å². The lowest BCUT2D eigenvalue weighted by atomic mass is 9.77. The van der Waals surface area contributed by atoms with Crippen LogP contribution in [0.2, 0.25) is 0 Å². The number of carbonyl (C=O) groups excluding carboxylic acids is 3. The number of nitrogens with zero attached hydrogens (tertiary/aromatic N) is 2. The zero-order valence-electron chi connectivity index (χ0n) is 15.8. The number of likely N-dealkylation sites (tertiary alicyclic amines) is 1. The van der Waals surface area contributed by atoms with Crippen LogP contribution in [-0.4, -0.2) is 41.2 Å². The van der Waals surface area contributed by atoms with Crippen molar-refractivity contribution in [1.82, 2.24) is 4.90 Å². The number of amides is 3. The summed E-state index contributed by atoms with van der Waals surface area (Å²) in [6.45, 7) is 2.36. The van der Waals surface area contributed by atoms with Crippen molar-refractivity contribution in [3.8, 4) is 0 Å². The molecular weight excluding hydrogens is 342 g/mol. The largest absolute Gasteiger partial charge is 0.326 e. The molecule has 1 aromatic rings. The molecule has 27 heavy (non-hydrogen) atoms. The molecule has 2 aliphatic heterocycles. The van der Waals surface area contributed by atoms with E-state index >= 15 is 0 Å². The molecule has 3 aliphatic rings. The van der Waals surface area contributed by atoms with E-state index in [0.717, 1.165) is 19.4 Å². The second-order valence-corrected chi connectivity index (χ2v) is 8.01. The fraction of sp³-hybridized carbons (Fsp3) is 0.571. The summed E-state index contributed by atoms with van der Waals surface area (Å²) >= 11 is 0. The van der Waals surface area contributed by atoms with Gasteiger partial charge in [0, 0.05) is 18.7 Å². The van der Waals surface area contributed by atoms with Crippen LogP contribution in [0.25, 0.3) is 0 Å². The molecule has 3 amide bonds. The normalized spacial score (nSPS) is 28.9. The molecule has 144 valence electrons. The maximum absolute atomic E-state index is 13.1. The Morgan fingerprint density at radius 3 is 2.48 bits per heavy atom. The molecule has 1 aliphatic carbocycles. The fourth-order valence-corrected chi connectivity index (χ4v) is 5.09. The van der Waals surface area contributed by atoms with Gasteiger partial charge in [0.1, 0.15) is 0 Å². The lowest BCUT2D eigenvalue weighted by Crippen LogP contribution is -2.54. The molecule has 3 unspecified atom stereocenters. The lowest BCUT2D eigenvalue weighted by Gasteiger charge is -2.46. The molecule has 3 fully saturated rings. The minimum absolute atomic E-state index is 0.0986. The molecule has 1 aromatic carbocycles. The number of nitrogens with one attached hydrogen (secondary N) is 1. The molecule has 6 heteroatoms. The Hall–Kier alpha value is -2.21. The zero-order valence-corrected chi connectivity index (χ0v) is 15.8. The van der Waals surface area contributed by atoms with Gasteiger partial charge in [0.25, 0.3) is 5.91 Å². The number of benzene rings is 1. The number of piperidine rings is 1. The number of imide groups is 1. The highest BCUT2D eigenvalue weighted by Crippen LogP contribution is 2.38. The minimum Gasteiger partial charge on any atom is -0.326 e. The molecule has 1 N–H and O–H groups in total. The summed E-state index contributed by atoms with van der Waals surface area (Å²) in [4.78, 5) is 40.6. The van der Waals surface area contributed by atoms with Crippen LogP contribution in [0.3, 0.4) is 0 Å². The summed E-state index contributed by atoms with van der Waals surface area (Å²) in [7, 11) is 0.